The summed E-state index contributed by atoms with van der Waals surface area (Å²) in [6.07, 6.45) is 7.81. The van der Waals surface area contributed by atoms with Gasteiger partial charge in [0.05, 0.1) is 12.5 Å². The molecule has 1 N–H and O–H groups in total. The van der Waals surface area contributed by atoms with Gasteiger partial charge in [0, 0.05) is 11.6 Å². The fraction of sp³-hybridized carbons (Fsp3) is 0.600. The molecule has 1 aromatic rings. The molecule has 0 bridgehead atoms. The zero-order chi connectivity index (χ0) is 8.18. The quantitative estimate of drug-likeness (QED) is 0.683. The van der Waals surface area contributed by atoms with Gasteiger partial charge in [0.1, 0.15) is 0 Å². The Balaban J connectivity index is 2.07. The lowest BCUT2D eigenvalue weighted by atomic mass is 9.98. The molecule has 1 saturated carbocycles. The van der Waals surface area contributed by atoms with Crippen LogP contribution in [0, 0.1) is 5.41 Å². The summed E-state index contributed by atoms with van der Waals surface area (Å²) < 4.78 is 5.20. The molecule has 1 aromatic heterocycles. The summed E-state index contributed by atoms with van der Waals surface area (Å²) in [7, 11) is 2.05. The average molecular weight is 163 g/mol. The maximum absolute atomic E-state index is 5.20. The van der Waals surface area contributed by atoms with Gasteiger partial charge in [-0.05, 0) is 37.3 Å². The first-order valence-corrected chi connectivity index (χ1v) is 4.58. The highest BCUT2D eigenvalue weighted by Gasteiger charge is 2.54. The maximum Gasteiger partial charge on any atom is 0.0953 e. The topological polar surface area (TPSA) is 25.2 Å². The number of furan rings is 1. The third-order valence-electron chi connectivity index (χ3n) is 3.42. The van der Waals surface area contributed by atoms with Crippen LogP contribution in [0.3, 0.4) is 0 Å². The van der Waals surface area contributed by atoms with Crippen LogP contribution in [0.25, 0.3) is 0 Å². The maximum atomic E-state index is 5.20. The number of nitrogens with one attached hydrogen (secondary N) is 1. The normalized spacial score (nSPS) is 29.2. The van der Waals surface area contributed by atoms with Crippen molar-refractivity contribution in [2.24, 2.45) is 5.41 Å². The molecular weight excluding hydrogens is 150 g/mol. The molecule has 1 unspecified atom stereocenters. The van der Waals surface area contributed by atoms with Crippen molar-refractivity contribution in [2.45, 2.75) is 25.3 Å². The first-order valence-electron chi connectivity index (χ1n) is 4.58. The summed E-state index contributed by atoms with van der Waals surface area (Å²) in [4.78, 5) is 0. The van der Waals surface area contributed by atoms with Crippen molar-refractivity contribution in [1.29, 1.82) is 0 Å². The molecule has 3 rings (SSSR count). The Bertz CT molecular complexity index is 311. The SMILES string of the molecule is CNC1c2cocc2CC12CC2. The lowest BCUT2D eigenvalue weighted by Crippen LogP contribution is -2.22. The minimum atomic E-state index is 0.561. The lowest BCUT2D eigenvalue weighted by Gasteiger charge is -2.17. The van der Waals surface area contributed by atoms with Crippen LogP contribution >= 0.6 is 0 Å². The van der Waals surface area contributed by atoms with Gasteiger partial charge in [-0.25, -0.2) is 0 Å². The standard InChI is InChI=1S/C10H13NO/c1-11-9-8-6-12-5-7(8)4-10(9)2-3-10/h5-6,9,11H,2-4H2,1H3. The average Bonchev–Trinajstić information content (AvgIpc) is 2.53. The first kappa shape index (κ1) is 6.72. The zero-order valence-electron chi connectivity index (χ0n) is 7.26. The molecule has 1 spiro atoms. The van der Waals surface area contributed by atoms with E-state index in [2.05, 4.69) is 5.32 Å². The van der Waals surface area contributed by atoms with Crippen molar-refractivity contribution in [3.8, 4) is 0 Å². The minimum absolute atomic E-state index is 0.561. The van der Waals surface area contributed by atoms with Gasteiger partial charge in [0.15, 0.2) is 0 Å². The molecule has 0 amide bonds. The highest BCUT2D eigenvalue weighted by molar-refractivity contribution is 5.37. The molecule has 1 atom stereocenters. The Morgan fingerprint density at radius 3 is 3.00 bits per heavy atom. The van der Waals surface area contributed by atoms with E-state index in [0.717, 1.165) is 0 Å². The van der Waals surface area contributed by atoms with Crippen LogP contribution in [-0.4, -0.2) is 7.05 Å². The van der Waals surface area contributed by atoms with Crippen molar-refractivity contribution in [1.82, 2.24) is 5.32 Å². The summed E-state index contributed by atoms with van der Waals surface area (Å²) in [6, 6.07) is 0.561. The molecule has 1 heterocycles. The van der Waals surface area contributed by atoms with Crippen molar-refractivity contribution in [2.75, 3.05) is 7.05 Å². The van der Waals surface area contributed by atoms with E-state index in [0.29, 0.717) is 11.5 Å². The molecule has 0 radical (unpaired) electrons. The van der Waals surface area contributed by atoms with E-state index in [9.17, 15) is 0 Å². The molecule has 1 fully saturated rings. The Labute approximate surface area is 72.0 Å². The van der Waals surface area contributed by atoms with E-state index in [1.165, 1.54) is 30.4 Å². The largest absolute Gasteiger partial charge is 0.472 e. The number of fused-ring (bicyclic) bond motifs is 1. The minimum Gasteiger partial charge on any atom is -0.472 e. The second-order valence-corrected chi connectivity index (χ2v) is 4.11. The van der Waals surface area contributed by atoms with Crippen LogP contribution in [-0.2, 0) is 6.42 Å². The van der Waals surface area contributed by atoms with Gasteiger partial charge in [0.2, 0.25) is 0 Å². The Kier molecular flexibility index (Phi) is 1.09. The molecule has 2 heteroatoms. The Hall–Kier alpha value is -0.760. The Morgan fingerprint density at radius 2 is 2.33 bits per heavy atom. The summed E-state index contributed by atoms with van der Waals surface area (Å²) in [6.45, 7) is 0. The summed E-state index contributed by atoms with van der Waals surface area (Å²) in [5, 5.41) is 3.40. The van der Waals surface area contributed by atoms with Gasteiger partial charge in [0.25, 0.3) is 0 Å². The van der Waals surface area contributed by atoms with E-state index in [1.54, 1.807) is 0 Å². The van der Waals surface area contributed by atoms with Gasteiger partial charge < -0.3 is 9.73 Å². The molecular formula is C10H13NO. The number of rotatable bonds is 1. The first-order chi connectivity index (χ1) is 5.86. The van der Waals surface area contributed by atoms with E-state index < -0.39 is 0 Å². The molecule has 2 aliphatic rings. The highest BCUT2D eigenvalue weighted by atomic mass is 16.3. The van der Waals surface area contributed by atoms with E-state index in [4.69, 9.17) is 4.42 Å². The van der Waals surface area contributed by atoms with Crippen LogP contribution in [0.2, 0.25) is 0 Å². The van der Waals surface area contributed by atoms with Crippen LogP contribution in [0.5, 0.6) is 0 Å². The van der Waals surface area contributed by atoms with Crippen molar-refractivity contribution in [3.05, 3.63) is 23.7 Å². The monoisotopic (exact) mass is 163 g/mol. The van der Waals surface area contributed by atoms with Gasteiger partial charge >= 0.3 is 0 Å². The second kappa shape index (κ2) is 1.94. The third kappa shape index (κ3) is 0.643. The predicted molar refractivity (Wildman–Crippen MR) is 45.9 cm³/mol. The second-order valence-electron chi connectivity index (χ2n) is 4.11. The van der Waals surface area contributed by atoms with E-state index >= 15 is 0 Å². The predicted octanol–water partition coefficient (Wildman–Crippen LogP) is 1.88. The van der Waals surface area contributed by atoms with Gasteiger partial charge in [-0.1, -0.05) is 0 Å². The summed E-state index contributed by atoms with van der Waals surface area (Å²) in [5.41, 5.74) is 3.40. The van der Waals surface area contributed by atoms with E-state index in [-0.39, 0.29) is 0 Å². The van der Waals surface area contributed by atoms with E-state index in [1.807, 2.05) is 19.6 Å². The van der Waals surface area contributed by atoms with Gasteiger partial charge in [-0.15, -0.1) is 0 Å². The summed E-state index contributed by atoms with van der Waals surface area (Å²) in [5.74, 6) is 0. The van der Waals surface area contributed by atoms with Gasteiger partial charge in [-0.2, -0.15) is 0 Å². The van der Waals surface area contributed by atoms with Gasteiger partial charge in [-0.3, -0.25) is 0 Å². The van der Waals surface area contributed by atoms with Crippen LogP contribution in [0.15, 0.2) is 16.9 Å². The molecule has 64 valence electrons. The molecule has 0 aromatic carbocycles. The van der Waals surface area contributed by atoms with Crippen molar-refractivity contribution < 1.29 is 4.42 Å². The summed E-state index contributed by atoms with van der Waals surface area (Å²) >= 11 is 0. The van der Waals surface area contributed by atoms with Crippen molar-refractivity contribution in [3.63, 3.8) is 0 Å². The van der Waals surface area contributed by atoms with Crippen LogP contribution in [0.1, 0.15) is 30.0 Å². The molecule has 12 heavy (non-hydrogen) atoms. The Morgan fingerprint density at radius 1 is 1.50 bits per heavy atom. The number of hydrogen-bond acceptors (Lipinski definition) is 2. The molecule has 2 aliphatic carbocycles. The fourth-order valence-electron chi connectivity index (χ4n) is 2.63. The smallest absolute Gasteiger partial charge is 0.0953 e. The highest BCUT2D eigenvalue weighted by Crippen LogP contribution is 2.61. The van der Waals surface area contributed by atoms with Crippen LogP contribution < -0.4 is 5.32 Å². The molecule has 0 aliphatic heterocycles. The number of hydrogen-bond donors (Lipinski definition) is 1. The molecule has 0 saturated heterocycles. The van der Waals surface area contributed by atoms with Crippen LogP contribution in [0.4, 0.5) is 0 Å². The third-order valence-corrected chi connectivity index (χ3v) is 3.42. The lowest BCUT2D eigenvalue weighted by molar-refractivity contribution is 0.380. The fourth-order valence-corrected chi connectivity index (χ4v) is 2.63. The molecule has 2 nitrogen and oxygen atoms in total. The zero-order valence-corrected chi connectivity index (χ0v) is 7.26. The van der Waals surface area contributed by atoms with Crippen molar-refractivity contribution >= 4 is 0 Å².